The Bertz CT molecular complexity index is 285. The summed E-state index contributed by atoms with van der Waals surface area (Å²) in [5.74, 6) is 1.42. The first-order chi connectivity index (χ1) is 11.6. The molecule has 0 aromatic heterocycles. The van der Waals surface area contributed by atoms with E-state index in [2.05, 4.69) is 33.0 Å². The summed E-state index contributed by atoms with van der Waals surface area (Å²) in [4.78, 5) is 11.5. The summed E-state index contributed by atoms with van der Waals surface area (Å²) in [7, 11) is 0. The van der Waals surface area contributed by atoms with Crippen molar-refractivity contribution < 1.29 is 19.0 Å². The Morgan fingerprint density at radius 2 is 1.50 bits per heavy atom. The highest BCUT2D eigenvalue weighted by molar-refractivity contribution is 5.77. The summed E-state index contributed by atoms with van der Waals surface area (Å²) in [6.07, 6.45) is 5.69. The van der Waals surface area contributed by atoms with Crippen LogP contribution in [0.15, 0.2) is 0 Å². The van der Waals surface area contributed by atoms with Crippen molar-refractivity contribution in [1.82, 2.24) is 5.32 Å². The SMILES string of the molecule is CCC(C)CCCNC(=O)COCCOCCOCCCC(C)C. The summed E-state index contributed by atoms with van der Waals surface area (Å²) < 4.78 is 16.2. The van der Waals surface area contributed by atoms with Gasteiger partial charge in [0.15, 0.2) is 0 Å². The molecule has 0 radical (unpaired) electrons. The van der Waals surface area contributed by atoms with Crippen molar-refractivity contribution in [2.75, 3.05) is 46.2 Å². The number of nitrogens with one attached hydrogen (secondary N) is 1. The second-order valence-corrected chi connectivity index (χ2v) is 6.82. The lowest BCUT2D eigenvalue weighted by Crippen LogP contribution is -2.29. The lowest BCUT2D eigenvalue weighted by atomic mass is 10.0. The van der Waals surface area contributed by atoms with Crippen molar-refractivity contribution in [2.24, 2.45) is 11.8 Å². The van der Waals surface area contributed by atoms with Crippen molar-refractivity contribution >= 4 is 5.91 Å². The number of carbonyl (C=O) groups is 1. The molecule has 0 saturated carbocycles. The van der Waals surface area contributed by atoms with E-state index in [9.17, 15) is 4.79 Å². The summed E-state index contributed by atoms with van der Waals surface area (Å²) in [6, 6.07) is 0. The van der Waals surface area contributed by atoms with Crippen molar-refractivity contribution in [3.63, 3.8) is 0 Å². The van der Waals surface area contributed by atoms with Gasteiger partial charge in [0.1, 0.15) is 6.61 Å². The van der Waals surface area contributed by atoms with Crippen LogP contribution in [0.5, 0.6) is 0 Å². The summed E-state index contributed by atoms with van der Waals surface area (Å²) in [5.41, 5.74) is 0. The van der Waals surface area contributed by atoms with Gasteiger partial charge in [-0.3, -0.25) is 4.79 Å². The molecule has 0 aliphatic heterocycles. The highest BCUT2D eigenvalue weighted by atomic mass is 16.5. The Morgan fingerprint density at radius 1 is 0.875 bits per heavy atom. The van der Waals surface area contributed by atoms with Crippen LogP contribution in [0.2, 0.25) is 0 Å². The van der Waals surface area contributed by atoms with Gasteiger partial charge in [-0.2, -0.15) is 0 Å². The molecule has 0 saturated heterocycles. The molecule has 0 bridgehead atoms. The number of ether oxygens (including phenoxy) is 3. The van der Waals surface area contributed by atoms with Crippen molar-refractivity contribution in [3.8, 4) is 0 Å². The van der Waals surface area contributed by atoms with Gasteiger partial charge in [0.2, 0.25) is 5.91 Å². The van der Waals surface area contributed by atoms with E-state index in [1.54, 1.807) is 0 Å². The molecule has 0 aromatic carbocycles. The van der Waals surface area contributed by atoms with Crippen LogP contribution in [-0.4, -0.2) is 52.1 Å². The fourth-order valence-corrected chi connectivity index (χ4v) is 2.13. The largest absolute Gasteiger partial charge is 0.379 e. The lowest BCUT2D eigenvalue weighted by molar-refractivity contribution is -0.126. The maximum atomic E-state index is 11.5. The zero-order chi connectivity index (χ0) is 18.0. The Labute approximate surface area is 148 Å². The third kappa shape index (κ3) is 17.7. The monoisotopic (exact) mass is 345 g/mol. The second kappa shape index (κ2) is 17.2. The van der Waals surface area contributed by atoms with Crippen molar-refractivity contribution in [1.29, 1.82) is 0 Å². The summed E-state index contributed by atoms with van der Waals surface area (Å²) in [6.45, 7) is 12.6. The van der Waals surface area contributed by atoms with Crippen LogP contribution >= 0.6 is 0 Å². The fourth-order valence-electron chi connectivity index (χ4n) is 2.13. The molecule has 0 rings (SSSR count). The highest BCUT2D eigenvalue weighted by Crippen LogP contribution is 2.07. The lowest BCUT2D eigenvalue weighted by Gasteiger charge is -2.09. The minimum atomic E-state index is -0.0485. The molecule has 144 valence electrons. The van der Waals surface area contributed by atoms with Gasteiger partial charge in [0, 0.05) is 13.2 Å². The first-order valence-corrected chi connectivity index (χ1v) is 9.56. The molecule has 0 heterocycles. The van der Waals surface area contributed by atoms with Gasteiger partial charge in [0.05, 0.1) is 26.4 Å². The molecule has 0 aliphatic carbocycles. The predicted molar refractivity (Wildman–Crippen MR) is 98.2 cm³/mol. The van der Waals surface area contributed by atoms with E-state index in [1.165, 1.54) is 12.8 Å². The predicted octanol–water partition coefficient (Wildman–Crippen LogP) is 3.41. The van der Waals surface area contributed by atoms with Crippen molar-refractivity contribution in [3.05, 3.63) is 0 Å². The van der Waals surface area contributed by atoms with Gasteiger partial charge >= 0.3 is 0 Å². The van der Waals surface area contributed by atoms with E-state index < -0.39 is 0 Å². The van der Waals surface area contributed by atoms with E-state index >= 15 is 0 Å². The van der Waals surface area contributed by atoms with Crippen molar-refractivity contribution in [2.45, 2.75) is 59.8 Å². The van der Waals surface area contributed by atoms with Crippen LogP contribution < -0.4 is 5.32 Å². The quantitative estimate of drug-likeness (QED) is 0.410. The molecule has 1 atom stereocenters. The molecule has 24 heavy (non-hydrogen) atoms. The highest BCUT2D eigenvalue weighted by Gasteiger charge is 2.02. The number of rotatable bonds is 17. The number of hydrogen-bond donors (Lipinski definition) is 1. The van der Waals surface area contributed by atoms with Gasteiger partial charge < -0.3 is 19.5 Å². The van der Waals surface area contributed by atoms with E-state index in [0.29, 0.717) is 26.4 Å². The van der Waals surface area contributed by atoms with Crippen LogP contribution in [0.4, 0.5) is 0 Å². The fraction of sp³-hybridized carbons (Fsp3) is 0.947. The first kappa shape index (κ1) is 23.4. The van der Waals surface area contributed by atoms with Crippen LogP contribution in [0.1, 0.15) is 59.8 Å². The maximum Gasteiger partial charge on any atom is 0.245 e. The molecule has 1 amide bonds. The Kier molecular flexibility index (Phi) is 16.7. The van der Waals surface area contributed by atoms with E-state index in [1.807, 2.05) is 0 Å². The van der Waals surface area contributed by atoms with Gasteiger partial charge in [-0.25, -0.2) is 0 Å². The molecule has 0 aliphatic rings. The molecular formula is C19H39NO4. The molecule has 1 N–H and O–H groups in total. The standard InChI is InChI=1S/C19H39NO4/c1-5-18(4)9-6-10-20-19(21)16-24-15-14-23-13-12-22-11-7-8-17(2)3/h17-18H,5-16H2,1-4H3,(H,20,21). The van der Waals surface area contributed by atoms with Gasteiger partial charge in [0.25, 0.3) is 0 Å². The van der Waals surface area contributed by atoms with Gasteiger partial charge in [-0.15, -0.1) is 0 Å². The second-order valence-electron chi connectivity index (χ2n) is 6.82. The molecule has 0 spiro atoms. The first-order valence-electron chi connectivity index (χ1n) is 9.56. The summed E-state index contributed by atoms with van der Waals surface area (Å²) >= 11 is 0. The molecule has 0 aromatic rings. The van der Waals surface area contributed by atoms with Gasteiger partial charge in [-0.1, -0.05) is 34.1 Å². The Balaban J connectivity index is 3.19. The average molecular weight is 346 g/mol. The number of carbonyl (C=O) groups excluding carboxylic acids is 1. The number of hydrogen-bond acceptors (Lipinski definition) is 4. The Hall–Kier alpha value is -0.650. The molecule has 5 nitrogen and oxygen atoms in total. The van der Waals surface area contributed by atoms with E-state index in [-0.39, 0.29) is 12.5 Å². The average Bonchev–Trinajstić information content (AvgIpc) is 2.56. The molecule has 0 fully saturated rings. The van der Waals surface area contributed by atoms with Crippen LogP contribution in [0, 0.1) is 11.8 Å². The van der Waals surface area contributed by atoms with Gasteiger partial charge in [-0.05, 0) is 37.5 Å². The topological polar surface area (TPSA) is 56.8 Å². The van der Waals surface area contributed by atoms with Crippen LogP contribution in [0.25, 0.3) is 0 Å². The Morgan fingerprint density at radius 3 is 2.12 bits per heavy atom. The third-order valence-corrected chi connectivity index (χ3v) is 3.94. The third-order valence-electron chi connectivity index (χ3n) is 3.94. The normalized spacial score (nSPS) is 12.5. The smallest absolute Gasteiger partial charge is 0.245 e. The van der Waals surface area contributed by atoms with Crippen LogP contribution in [0.3, 0.4) is 0 Å². The molecule has 1 unspecified atom stereocenters. The van der Waals surface area contributed by atoms with E-state index in [4.69, 9.17) is 14.2 Å². The minimum absolute atomic E-state index is 0.0485. The van der Waals surface area contributed by atoms with Crippen LogP contribution in [-0.2, 0) is 19.0 Å². The zero-order valence-electron chi connectivity index (χ0n) is 16.3. The molecule has 5 heteroatoms. The number of amides is 1. The minimum Gasteiger partial charge on any atom is -0.379 e. The molecular weight excluding hydrogens is 306 g/mol. The zero-order valence-corrected chi connectivity index (χ0v) is 16.3. The maximum absolute atomic E-state index is 11.5. The van der Waals surface area contributed by atoms with E-state index in [0.717, 1.165) is 44.2 Å². The summed E-state index contributed by atoms with van der Waals surface area (Å²) in [5, 5.41) is 2.88.